The van der Waals surface area contributed by atoms with E-state index >= 15 is 0 Å². The smallest absolute Gasteiger partial charge is 0.323 e. The van der Waals surface area contributed by atoms with Crippen LogP contribution >= 0.6 is 15.9 Å². The Morgan fingerprint density at radius 2 is 2.11 bits per heavy atom. The summed E-state index contributed by atoms with van der Waals surface area (Å²) in [4.78, 5) is 11.2. The molecule has 100 valence electrons. The number of anilines is 1. The summed E-state index contributed by atoms with van der Waals surface area (Å²) in [6, 6.07) is 5.14. The first kappa shape index (κ1) is 15.0. The molecule has 5 nitrogen and oxygen atoms in total. The zero-order valence-corrected chi connectivity index (χ0v) is 12.5. The molecule has 0 unspecified atom stereocenters. The Labute approximate surface area is 115 Å². The lowest BCUT2D eigenvalue weighted by atomic mass is 10.2. The van der Waals surface area contributed by atoms with Crippen LogP contribution in [0.1, 0.15) is 12.5 Å². The monoisotopic (exact) mass is 335 g/mol. The molecule has 1 rings (SSSR count). The van der Waals surface area contributed by atoms with Crippen LogP contribution in [-0.4, -0.2) is 26.7 Å². The molecular weight excluding hydrogens is 322 g/mol. The highest BCUT2D eigenvalue weighted by molar-refractivity contribution is 9.10. The molecule has 0 amide bonds. The first-order chi connectivity index (χ1) is 8.35. The third-order valence-electron chi connectivity index (χ3n) is 2.15. The van der Waals surface area contributed by atoms with E-state index in [-0.39, 0.29) is 6.61 Å². The average molecular weight is 336 g/mol. The molecule has 0 atom stereocenters. The Kier molecular flexibility index (Phi) is 5.15. The molecule has 1 aromatic carbocycles. The molecular formula is C11H14BrNO4S. The van der Waals surface area contributed by atoms with E-state index in [1.54, 1.807) is 32.0 Å². The molecule has 7 heteroatoms. The van der Waals surface area contributed by atoms with Crippen molar-refractivity contribution in [1.82, 2.24) is 0 Å². The first-order valence-electron chi connectivity index (χ1n) is 5.27. The van der Waals surface area contributed by atoms with Crippen LogP contribution in [0.4, 0.5) is 5.69 Å². The van der Waals surface area contributed by atoms with E-state index in [4.69, 9.17) is 0 Å². The standard InChI is InChI=1S/C11H14BrNO4S/c1-3-17-11(14)7-18(15,16)13-10-6-4-5-9(12)8(10)2/h4-6,13H,3,7H2,1-2H3. The Balaban J connectivity index is 2.83. The molecule has 0 aliphatic heterocycles. The van der Waals surface area contributed by atoms with E-state index in [1.165, 1.54) is 0 Å². The van der Waals surface area contributed by atoms with Crippen molar-refractivity contribution < 1.29 is 17.9 Å². The van der Waals surface area contributed by atoms with Crippen molar-refractivity contribution >= 4 is 37.6 Å². The normalized spacial score (nSPS) is 11.1. The Hall–Kier alpha value is -1.08. The van der Waals surface area contributed by atoms with Gasteiger partial charge in [0.2, 0.25) is 10.0 Å². The molecule has 0 saturated carbocycles. The van der Waals surface area contributed by atoms with E-state index in [1.807, 2.05) is 0 Å². The van der Waals surface area contributed by atoms with Gasteiger partial charge in [0.05, 0.1) is 12.3 Å². The second kappa shape index (κ2) is 6.19. The minimum absolute atomic E-state index is 0.157. The maximum atomic E-state index is 11.7. The number of hydrogen-bond acceptors (Lipinski definition) is 4. The predicted molar refractivity (Wildman–Crippen MR) is 72.9 cm³/mol. The van der Waals surface area contributed by atoms with Gasteiger partial charge in [-0.1, -0.05) is 22.0 Å². The van der Waals surface area contributed by atoms with E-state index < -0.39 is 21.7 Å². The summed E-state index contributed by atoms with van der Waals surface area (Å²) in [6.07, 6.45) is 0. The van der Waals surface area contributed by atoms with Crippen LogP contribution in [0.2, 0.25) is 0 Å². The molecule has 0 spiro atoms. The average Bonchev–Trinajstić information content (AvgIpc) is 2.24. The highest BCUT2D eigenvalue weighted by atomic mass is 79.9. The van der Waals surface area contributed by atoms with Crippen LogP contribution in [0.25, 0.3) is 0 Å². The van der Waals surface area contributed by atoms with Gasteiger partial charge in [-0.25, -0.2) is 8.42 Å². The fourth-order valence-corrected chi connectivity index (χ4v) is 2.67. The molecule has 0 fully saturated rings. The topological polar surface area (TPSA) is 72.5 Å². The van der Waals surface area contributed by atoms with Crippen molar-refractivity contribution in [3.8, 4) is 0 Å². The van der Waals surface area contributed by atoms with Crippen molar-refractivity contribution in [3.05, 3.63) is 28.2 Å². The summed E-state index contributed by atoms with van der Waals surface area (Å²) < 4.78 is 31.2. The number of benzene rings is 1. The number of sulfonamides is 1. The summed E-state index contributed by atoms with van der Waals surface area (Å²) >= 11 is 3.30. The molecule has 1 N–H and O–H groups in total. The van der Waals surface area contributed by atoms with E-state index in [0.717, 1.165) is 10.0 Å². The SMILES string of the molecule is CCOC(=O)CS(=O)(=O)Nc1cccc(Br)c1C. The van der Waals surface area contributed by atoms with Gasteiger partial charge in [-0.15, -0.1) is 0 Å². The molecule has 0 radical (unpaired) electrons. The van der Waals surface area contributed by atoms with Gasteiger partial charge in [0, 0.05) is 4.47 Å². The summed E-state index contributed by atoms with van der Waals surface area (Å²) in [5.74, 6) is -1.45. The second-order valence-electron chi connectivity index (χ2n) is 3.58. The molecule has 0 aliphatic rings. The number of esters is 1. The molecule has 1 aromatic rings. The highest BCUT2D eigenvalue weighted by Crippen LogP contribution is 2.24. The zero-order valence-electron chi connectivity index (χ0n) is 10.1. The minimum atomic E-state index is -3.74. The Bertz CT molecular complexity index is 542. The quantitative estimate of drug-likeness (QED) is 0.836. The number of carbonyl (C=O) groups excluding carboxylic acids is 1. The van der Waals surface area contributed by atoms with Gasteiger partial charge >= 0.3 is 5.97 Å². The van der Waals surface area contributed by atoms with Crippen LogP contribution in [0.15, 0.2) is 22.7 Å². The van der Waals surface area contributed by atoms with Crippen LogP contribution in [-0.2, 0) is 19.6 Å². The van der Waals surface area contributed by atoms with Gasteiger partial charge in [0.25, 0.3) is 0 Å². The van der Waals surface area contributed by atoms with Crippen molar-refractivity contribution in [3.63, 3.8) is 0 Å². The number of nitrogens with one attached hydrogen (secondary N) is 1. The van der Waals surface area contributed by atoms with Crippen molar-refractivity contribution in [1.29, 1.82) is 0 Å². The lowest BCUT2D eigenvalue weighted by molar-refractivity contribution is -0.139. The molecule has 18 heavy (non-hydrogen) atoms. The van der Waals surface area contributed by atoms with E-state index in [9.17, 15) is 13.2 Å². The lowest BCUT2D eigenvalue weighted by Gasteiger charge is -2.11. The molecule has 0 saturated heterocycles. The van der Waals surface area contributed by atoms with E-state index in [2.05, 4.69) is 25.4 Å². The number of rotatable bonds is 5. The van der Waals surface area contributed by atoms with Crippen molar-refractivity contribution in [2.75, 3.05) is 17.1 Å². The Morgan fingerprint density at radius 3 is 2.72 bits per heavy atom. The third-order valence-corrected chi connectivity index (χ3v) is 4.15. The van der Waals surface area contributed by atoms with Gasteiger partial charge < -0.3 is 4.74 Å². The van der Waals surface area contributed by atoms with Crippen LogP contribution in [0.3, 0.4) is 0 Å². The van der Waals surface area contributed by atoms with Gasteiger partial charge in [-0.2, -0.15) is 0 Å². The summed E-state index contributed by atoms with van der Waals surface area (Å²) in [6.45, 7) is 3.55. The lowest BCUT2D eigenvalue weighted by Crippen LogP contribution is -2.24. The van der Waals surface area contributed by atoms with Gasteiger partial charge in [0.1, 0.15) is 0 Å². The zero-order chi connectivity index (χ0) is 13.8. The van der Waals surface area contributed by atoms with Gasteiger partial charge in [0.15, 0.2) is 5.75 Å². The summed E-state index contributed by atoms with van der Waals surface area (Å²) in [7, 11) is -3.74. The van der Waals surface area contributed by atoms with Crippen molar-refractivity contribution in [2.24, 2.45) is 0 Å². The van der Waals surface area contributed by atoms with Crippen LogP contribution in [0, 0.1) is 6.92 Å². The minimum Gasteiger partial charge on any atom is -0.465 e. The predicted octanol–water partition coefficient (Wildman–Crippen LogP) is 2.06. The van der Waals surface area contributed by atoms with Crippen LogP contribution in [0.5, 0.6) is 0 Å². The fourth-order valence-electron chi connectivity index (χ4n) is 1.28. The number of carbonyl (C=O) groups is 1. The molecule has 0 bridgehead atoms. The largest absolute Gasteiger partial charge is 0.465 e. The third kappa shape index (κ3) is 4.30. The molecule has 0 heterocycles. The second-order valence-corrected chi connectivity index (χ2v) is 6.16. The van der Waals surface area contributed by atoms with Crippen molar-refractivity contribution in [2.45, 2.75) is 13.8 Å². The van der Waals surface area contributed by atoms with Gasteiger partial charge in [-0.3, -0.25) is 9.52 Å². The maximum Gasteiger partial charge on any atom is 0.323 e. The van der Waals surface area contributed by atoms with E-state index in [0.29, 0.717) is 5.69 Å². The maximum absolute atomic E-state index is 11.7. The molecule has 0 aliphatic carbocycles. The fraction of sp³-hybridized carbons (Fsp3) is 0.364. The Morgan fingerprint density at radius 1 is 1.44 bits per heavy atom. The van der Waals surface area contributed by atoms with Crippen LogP contribution < -0.4 is 4.72 Å². The van der Waals surface area contributed by atoms with Gasteiger partial charge in [-0.05, 0) is 31.5 Å². The summed E-state index contributed by atoms with van der Waals surface area (Å²) in [5, 5.41) is 0. The molecule has 0 aromatic heterocycles. The number of halogens is 1. The highest BCUT2D eigenvalue weighted by Gasteiger charge is 2.18. The summed E-state index contributed by atoms with van der Waals surface area (Å²) in [5.41, 5.74) is 1.19. The number of hydrogen-bond donors (Lipinski definition) is 1. The number of ether oxygens (including phenoxy) is 1. The first-order valence-corrected chi connectivity index (χ1v) is 7.71.